The Morgan fingerprint density at radius 3 is 2.29 bits per heavy atom. The molecular formula is C23H38N6O5. The van der Waals surface area contributed by atoms with Gasteiger partial charge in [0.1, 0.15) is 6.04 Å². The molecule has 0 aliphatic heterocycles. The van der Waals surface area contributed by atoms with Gasteiger partial charge in [-0.25, -0.2) is 10.5 Å². The molecule has 34 heavy (non-hydrogen) atoms. The highest BCUT2D eigenvalue weighted by Crippen LogP contribution is 2.14. The first-order chi connectivity index (χ1) is 16.3. The maximum absolute atomic E-state index is 12.0. The van der Waals surface area contributed by atoms with E-state index in [2.05, 4.69) is 21.7 Å². The second kappa shape index (κ2) is 17.3. The molecule has 0 fully saturated rings. The van der Waals surface area contributed by atoms with Crippen molar-refractivity contribution in [2.45, 2.75) is 70.4 Å². The number of hydroxylamine groups is 1. The lowest BCUT2D eigenvalue weighted by molar-refractivity contribution is -0.139. The maximum Gasteiger partial charge on any atom is 0.303 e. The van der Waals surface area contributed by atoms with E-state index in [1.807, 2.05) is 18.2 Å². The molecule has 0 heterocycles. The van der Waals surface area contributed by atoms with Gasteiger partial charge in [0.2, 0.25) is 5.91 Å². The third-order valence-electron chi connectivity index (χ3n) is 5.27. The first-order valence-electron chi connectivity index (χ1n) is 11.6. The van der Waals surface area contributed by atoms with Crippen LogP contribution in [0.3, 0.4) is 0 Å². The molecule has 0 aromatic heterocycles. The molecule has 0 bridgehead atoms. The first kappa shape index (κ1) is 28.9. The van der Waals surface area contributed by atoms with Gasteiger partial charge in [0.05, 0.1) is 6.54 Å². The van der Waals surface area contributed by atoms with Crippen molar-refractivity contribution in [3.8, 4) is 0 Å². The van der Waals surface area contributed by atoms with Crippen LogP contribution in [0.2, 0.25) is 0 Å². The van der Waals surface area contributed by atoms with Gasteiger partial charge in [-0.05, 0) is 56.3 Å². The molecule has 0 saturated heterocycles. The van der Waals surface area contributed by atoms with E-state index >= 15 is 0 Å². The summed E-state index contributed by atoms with van der Waals surface area (Å²) in [5.74, 6) is -2.18. The number of guanidine groups is 1. The zero-order valence-corrected chi connectivity index (χ0v) is 19.6. The van der Waals surface area contributed by atoms with E-state index in [0.717, 1.165) is 44.2 Å². The molecule has 1 aromatic rings. The van der Waals surface area contributed by atoms with Crippen LogP contribution in [-0.4, -0.2) is 53.2 Å². The molecule has 11 nitrogen and oxygen atoms in total. The highest BCUT2D eigenvalue weighted by molar-refractivity contribution is 5.87. The van der Waals surface area contributed by atoms with Crippen molar-refractivity contribution in [3.05, 3.63) is 35.4 Å². The van der Waals surface area contributed by atoms with Gasteiger partial charge in [0.15, 0.2) is 5.96 Å². The molecule has 1 aromatic carbocycles. The van der Waals surface area contributed by atoms with Crippen molar-refractivity contribution in [2.75, 3.05) is 13.1 Å². The Balaban J connectivity index is 2.12. The van der Waals surface area contributed by atoms with Crippen molar-refractivity contribution in [3.63, 3.8) is 0 Å². The number of carboxylic acid groups (broad SMARTS) is 1. The molecule has 190 valence electrons. The molecule has 0 spiro atoms. The van der Waals surface area contributed by atoms with E-state index in [0.29, 0.717) is 19.5 Å². The highest BCUT2D eigenvalue weighted by atomic mass is 16.5. The fraction of sp³-hybridized carbons (Fsp3) is 0.565. The summed E-state index contributed by atoms with van der Waals surface area (Å²) in [7, 11) is 0. The number of benzene rings is 1. The van der Waals surface area contributed by atoms with Crippen LogP contribution in [0.5, 0.6) is 0 Å². The Labute approximate surface area is 200 Å². The van der Waals surface area contributed by atoms with Crippen LogP contribution < -0.4 is 27.6 Å². The van der Waals surface area contributed by atoms with E-state index in [4.69, 9.17) is 21.8 Å². The lowest BCUT2D eigenvalue weighted by Crippen LogP contribution is -2.46. The minimum Gasteiger partial charge on any atom is -0.481 e. The molecule has 9 N–H and O–H groups in total. The Morgan fingerprint density at radius 2 is 1.62 bits per heavy atom. The van der Waals surface area contributed by atoms with Crippen molar-refractivity contribution in [2.24, 2.45) is 16.5 Å². The first-order valence-corrected chi connectivity index (χ1v) is 11.6. The van der Waals surface area contributed by atoms with E-state index < -0.39 is 17.9 Å². The molecule has 0 aliphatic carbocycles. The van der Waals surface area contributed by atoms with Gasteiger partial charge in [-0.2, -0.15) is 0 Å². The summed E-state index contributed by atoms with van der Waals surface area (Å²) in [6.07, 6.45) is 5.74. The van der Waals surface area contributed by atoms with Crippen LogP contribution in [0.25, 0.3) is 0 Å². The number of aliphatic carboxylic acids is 1. The molecule has 1 rings (SSSR count). The van der Waals surface area contributed by atoms with Crippen LogP contribution in [0.4, 0.5) is 0 Å². The van der Waals surface area contributed by atoms with Gasteiger partial charge in [-0.3, -0.25) is 19.6 Å². The zero-order valence-electron chi connectivity index (χ0n) is 19.6. The second-order valence-corrected chi connectivity index (χ2v) is 8.06. The van der Waals surface area contributed by atoms with Gasteiger partial charge in [0, 0.05) is 12.8 Å². The number of hydrogen-bond acceptors (Lipinski definition) is 6. The van der Waals surface area contributed by atoms with Crippen molar-refractivity contribution in [1.82, 2.24) is 16.1 Å². The Morgan fingerprint density at radius 1 is 0.941 bits per heavy atom. The number of carboxylic acids is 1. The topological polar surface area (TPSA) is 192 Å². The number of amides is 2. The lowest BCUT2D eigenvalue weighted by atomic mass is 10.0. The van der Waals surface area contributed by atoms with Crippen molar-refractivity contribution >= 4 is 23.7 Å². The van der Waals surface area contributed by atoms with Gasteiger partial charge < -0.3 is 27.2 Å². The Hall–Kier alpha value is -3.18. The summed E-state index contributed by atoms with van der Waals surface area (Å²) in [4.78, 5) is 38.3. The maximum atomic E-state index is 12.0. The number of carbonyl (C=O) groups is 3. The lowest BCUT2D eigenvalue weighted by Gasteiger charge is -2.15. The van der Waals surface area contributed by atoms with Crippen LogP contribution in [0, 0.1) is 0 Å². The molecule has 0 saturated carbocycles. The number of rotatable bonds is 18. The third kappa shape index (κ3) is 13.4. The average Bonchev–Trinajstić information content (AvgIpc) is 2.81. The number of nitrogens with one attached hydrogen (secondary N) is 3. The largest absolute Gasteiger partial charge is 0.481 e. The minimum absolute atomic E-state index is 0.0897. The predicted octanol–water partition coefficient (Wildman–Crippen LogP) is 0.788. The summed E-state index contributed by atoms with van der Waals surface area (Å²) in [6.45, 7) is 2.02. The molecule has 1 unspecified atom stereocenters. The normalized spacial score (nSPS) is 11.4. The highest BCUT2D eigenvalue weighted by Gasteiger charge is 2.21. The van der Waals surface area contributed by atoms with E-state index in [1.54, 1.807) is 0 Å². The number of carbonyl (C=O) groups excluding carboxylic acids is 2. The molecule has 11 heteroatoms. The van der Waals surface area contributed by atoms with Gasteiger partial charge in [-0.15, -0.1) is 0 Å². The fourth-order valence-corrected chi connectivity index (χ4v) is 3.43. The van der Waals surface area contributed by atoms with Gasteiger partial charge >= 0.3 is 5.97 Å². The van der Waals surface area contributed by atoms with E-state index in [9.17, 15) is 14.4 Å². The minimum atomic E-state index is -1.08. The summed E-state index contributed by atoms with van der Waals surface area (Å²) < 4.78 is 0. The SMILES string of the molecule is NC(N)=NCc1ccccc1CCCCCCNCCCC(=O)NC(CCC(=O)O)C(=O)NO. The number of aliphatic imine (C=N–C) groups is 1. The average molecular weight is 479 g/mol. The van der Waals surface area contributed by atoms with Crippen LogP contribution in [-0.2, 0) is 27.3 Å². The predicted molar refractivity (Wildman–Crippen MR) is 129 cm³/mol. The number of unbranched alkanes of at least 4 members (excludes halogenated alkanes) is 3. The third-order valence-corrected chi connectivity index (χ3v) is 5.27. The molecule has 1 atom stereocenters. The van der Waals surface area contributed by atoms with Gasteiger partial charge in [-0.1, -0.05) is 37.1 Å². The van der Waals surface area contributed by atoms with Crippen LogP contribution in [0.15, 0.2) is 29.3 Å². The van der Waals surface area contributed by atoms with Crippen molar-refractivity contribution < 1.29 is 24.7 Å². The summed E-state index contributed by atoms with van der Waals surface area (Å²) in [6, 6.07) is 7.10. The number of nitrogens with zero attached hydrogens (tertiary/aromatic N) is 1. The number of hydrogen-bond donors (Lipinski definition) is 7. The van der Waals surface area contributed by atoms with E-state index in [1.165, 1.54) is 11.0 Å². The Kier molecular flexibility index (Phi) is 14.7. The fourth-order valence-electron chi connectivity index (χ4n) is 3.43. The molecular weight excluding hydrogens is 440 g/mol. The number of aryl methyl sites for hydroxylation is 1. The molecule has 0 radical (unpaired) electrons. The molecule has 0 aliphatic rings. The second-order valence-electron chi connectivity index (χ2n) is 8.06. The summed E-state index contributed by atoms with van der Waals surface area (Å²) in [5, 5.41) is 23.2. The zero-order chi connectivity index (χ0) is 25.2. The quantitative estimate of drug-likeness (QED) is 0.0529. The summed E-state index contributed by atoms with van der Waals surface area (Å²) in [5.41, 5.74) is 14.7. The smallest absolute Gasteiger partial charge is 0.303 e. The standard InChI is InChI=1S/C23H38N6O5/c24-23(25)27-16-18-10-5-4-9-17(18)8-3-1-2-6-14-26-15-7-11-20(30)28-19(22(33)29-34)12-13-21(31)32/h4-5,9-10,19,26,34H,1-3,6-8,11-16H2,(H,28,30)(H,29,33)(H,31,32)(H4,24,25,27). The van der Waals surface area contributed by atoms with Crippen LogP contribution in [0.1, 0.15) is 62.5 Å². The van der Waals surface area contributed by atoms with Gasteiger partial charge in [0.25, 0.3) is 5.91 Å². The van der Waals surface area contributed by atoms with E-state index in [-0.39, 0.29) is 31.1 Å². The molecule has 2 amide bonds. The van der Waals surface area contributed by atoms with Crippen molar-refractivity contribution in [1.29, 1.82) is 0 Å². The summed E-state index contributed by atoms with van der Waals surface area (Å²) >= 11 is 0. The Bertz CT molecular complexity index is 798. The number of nitrogens with two attached hydrogens (primary N) is 2. The van der Waals surface area contributed by atoms with Crippen LogP contribution >= 0.6 is 0 Å². The monoisotopic (exact) mass is 478 g/mol.